The molecule has 25 heavy (non-hydrogen) atoms. The van der Waals surface area contributed by atoms with E-state index >= 15 is 0 Å². The van der Waals surface area contributed by atoms with E-state index in [4.69, 9.17) is 9.98 Å². The second-order valence-electron chi connectivity index (χ2n) is 7.47. The number of nitrogens with one attached hydrogen (secondary N) is 1. The first-order valence-electron chi connectivity index (χ1n) is 10.0. The second kappa shape index (κ2) is 11.2. The van der Waals surface area contributed by atoms with Crippen LogP contribution in [0.4, 0.5) is 0 Å². The van der Waals surface area contributed by atoms with Crippen molar-refractivity contribution in [1.29, 1.82) is 0 Å². The average molecular weight is 461 g/mol. The fourth-order valence-corrected chi connectivity index (χ4v) is 3.97. The first-order valence-corrected chi connectivity index (χ1v) is 11.6. The summed E-state index contributed by atoms with van der Waals surface area (Å²) in [6, 6.07) is 0.986. The summed E-state index contributed by atoms with van der Waals surface area (Å²) < 4.78 is 0.918. The van der Waals surface area contributed by atoms with Crippen molar-refractivity contribution < 1.29 is 0 Å². The van der Waals surface area contributed by atoms with Crippen molar-refractivity contribution in [1.82, 2.24) is 15.1 Å². The molecule has 0 bridgehead atoms. The van der Waals surface area contributed by atoms with E-state index < -0.39 is 0 Å². The molecule has 2 fully saturated rings. The number of hydrogen-bond donors (Lipinski definition) is 1. The number of nitrogens with zero attached hydrogens (tertiary/aromatic N) is 4. The molecule has 0 unspecified atom stereocenters. The molecule has 0 radical (unpaired) electrons. The lowest BCUT2D eigenvalue weighted by atomic mass is 9.95. The topological polar surface area (TPSA) is 43.2 Å². The van der Waals surface area contributed by atoms with Crippen molar-refractivity contribution in [2.45, 2.75) is 83.2 Å². The molecule has 6 heteroatoms. The molecule has 0 aromatic heterocycles. The van der Waals surface area contributed by atoms with Gasteiger partial charge >= 0.3 is 0 Å². The summed E-state index contributed by atoms with van der Waals surface area (Å²) in [5.41, 5.74) is 0. The monoisotopic (exact) mass is 461 g/mol. The van der Waals surface area contributed by atoms with Gasteiger partial charge in [0.1, 0.15) is 0 Å². The smallest absolute Gasteiger partial charge is 0.221 e. The zero-order chi connectivity index (χ0) is 18.1. The maximum absolute atomic E-state index is 5.07. The van der Waals surface area contributed by atoms with Gasteiger partial charge in [-0.25, -0.2) is 4.99 Å². The number of hydrogen-bond acceptors (Lipinski definition) is 1. The summed E-state index contributed by atoms with van der Waals surface area (Å²) in [7, 11) is 4.22. The van der Waals surface area contributed by atoms with E-state index in [2.05, 4.69) is 58.7 Å². The molecule has 0 aromatic rings. The molecule has 2 saturated carbocycles. The van der Waals surface area contributed by atoms with Crippen LogP contribution >= 0.6 is 22.6 Å². The van der Waals surface area contributed by atoms with Gasteiger partial charge in [0.15, 0.2) is 0 Å². The summed E-state index contributed by atoms with van der Waals surface area (Å²) >= 11 is 2.39. The third-order valence-electron chi connectivity index (χ3n) is 5.36. The second-order valence-corrected chi connectivity index (χ2v) is 8.15. The fourth-order valence-electron chi connectivity index (χ4n) is 3.66. The third kappa shape index (κ3) is 6.94. The van der Waals surface area contributed by atoms with Gasteiger partial charge in [0.2, 0.25) is 11.9 Å². The molecule has 2 rings (SSSR count). The van der Waals surface area contributed by atoms with Gasteiger partial charge in [-0.3, -0.25) is 0 Å². The Morgan fingerprint density at radius 3 is 2.12 bits per heavy atom. The largest absolute Gasteiger partial charge is 0.352 e. The highest BCUT2D eigenvalue weighted by Crippen LogP contribution is 2.21. The first-order chi connectivity index (χ1) is 12.1. The van der Waals surface area contributed by atoms with E-state index in [0.29, 0.717) is 12.1 Å². The summed E-state index contributed by atoms with van der Waals surface area (Å²) in [5.74, 6) is 1.88. The minimum Gasteiger partial charge on any atom is -0.352 e. The number of halogens is 1. The molecule has 2 aliphatic rings. The number of aliphatic imine (C=N–C) groups is 2. The van der Waals surface area contributed by atoms with Crippen LogP contribution in [-0.4, -0.2) is 59.0 Å². The van der Waals surface area contributed by atoms with Crippen LogP contribution in [0.3, 0.4) is 0 Å². The van der Waals surface area contributed by atoms with Crippen LogP contribution in [-0.2, 0) is 0 Å². The van der Waals surface area contributed by atoms with Gasteiger partial charge in [-0.15, -0.1) is 0 Å². The van der Waals surface area contributed by atoms with E-state index in [1.54, 1.807) is 0 Å². The molecule has 1 N–H and O–H groups in total. The fraction of sp³-hybridized carbons (Fsp3) is 0.895. The molecular formula is C19H36IN5. The normalized spacial score (nSPS) is 21.3. The zero-order valence-corrected chi connectivity index (χ0v) is 18.5. The Balaban J connectivity index is 2.20. The number of guanidine groups is 2. The summed E-state index contributed by atoms with van der Waals surface area (Å²) in [6.45, 7) is 3.11. The molecule has 144 valence electrons. The standard InChI is InChI=1S/C19H36IN5/c1-4-24(2)19(25(3)15-20)23-18(21-16-11-7-5-8-12-16)22-17-13-9-6-10-14-17/h16-17H,4-15H2,1-3H3,(H,21,22)/b23-19-. The lowest BCUT2D eigenvalue weighted by Crippen LogP contribution is -2.43. The van der Waals surface area contributed by atoms with Crippen molar-refractivity contribution in [2.24, 2.45) is 9.98 Å². The van der Waals surface area contributed by atoms with Crippen LogP contribution in [0.2, 0.25) is 0 Å². The van der Waals surface area contributed by atoms with Crippen LogP contribution in [0.15, 0.2) is 9.98 Å². The Morgan fingerprint density at radius 2 is 1.56 bits per heavy atom. The van der Waals surface area contributed by atoms with Gasteiger partial charge in [-0.1, -0.05) is 61.1 Å². The van der Waals surface area contributed by atoms with Crippen LogP contribution in [0.25, 0.3) is 0 Å². The predicted octanol–water partition coefficient (Wildman–Crippen LogP) is 4.23. The van der Waals surface area contributed by atoms with Gasteiger partial charge in [-0.2, -0.15) is 4.99 Å². The molecule has 2 aliphatic carbocycles. The van der Waals surface area contributed by atoms with Crippen molar-refractivity contribution in [2.75, 3.05) is 25.2 Å². The molecular weight excluding hydrogens is 425 g/mol. The molecule has 0 aliphatic heterocycles. The molecule has 0 amide bonds. The molecule has 0 heterocycles. The minimum atomic E-state index is 0.446. The van der Waals surface area contributed by atoms with Crippen molar-refractivity contribution in [3.05, 3.63) is 0 Å². The quantitative estimate of drug-likeness (QED) is 0.224. The molecule has 0 spiro atoms. The molecule has 0 atom stereocenters. The summed E-state index contributed by atoms with van der Waals surface area (Å²) in [4.78, 5) is 14.5. The maximum atomic E-state index is 5.07. The van der Waals surface area contributed by atoms with Crippen LogP contribution < -0.4 is 5.32 Å². The SMILES string of the molecule is CCN(C)/C(=N/C(=N\C1CCCCC1)NC1CCCCC1)N(C)CI. The Hall–Kier alpha value is -0.530. The van der Waals surface area contributed by atoms with E-state index in [0.717, 1.165) is 23.0 Å². The Bertz CT molecular complexity index is 427. The van der Waals surface area contributed by atoms with Gasteiger partial charge in [0, 0.05) is 26.7 Å². The van der Waals surface area contributed by atoms with Crippen LogP contribution in [0.1, 0.15) is 71.1 Å². The predicted molar refractivity (Wildman–Crippen MR) is 117 cm³/mol. The van der Waals surface area contributed by atoms with E-state index in [-0.39, 0.29) is 0 Å². The zero-order valence-electron chi connectivity index (χ0n) is 16.3. The molecule has 5 nitrogen and oxygen atoms in total. The Labute approximate surface area is 167 Å². The third-order valence-corrected chi connectivity index (χ3v) is 6.38. The van der Waals surface area contributed by atoms with E-state index in [1.807, 2.05) is 0 Å². The van der Waals surface area contributed by atoms with Crippen molar-refractivity contribution in [3.8, 4) is 0 Å². The number of rotatable bonds is 4. The summed E-state index contributed by atoms with van der Waals surface area (Å²) in [5, 5.41) is 3.70. The van der Waals surface area contributed by atoms with Crippen LogP contribution in [0, 0.1) is 0 Å². The highest BCUT2D eigenvalue weighted by molar-refractivity contribution is 14.1. The highest BCUT2D eigenvalue weighted by Gasteiger charge is 2.19. The Kier molecular flexibility index (Phi) is 9.34. The van der Waals surface area contributed by atoms with E-state index in [1.165, 1.54) is 64.2 Å². The lowest BCUT2D eigenvalue weighted by Gasteiger charge is -2.29. The highest BCUT2D eigenvalue weighted by atomic mass is 127. The average Bonchev–Trinajstić information content (AvgIpc) is 2.66. The van der Waals surface area contributed by atoms with Gasteiger partial charge in [0.25, 0.3) is 0 Å². The molecule has 0 saturated heterocycles. The van der Waals surface area contributed by atoms with Crippen molar-refractivity contribution >= 4 is 34.5 Å². The van der Waals surface area contributed by atoms with E-state index in [9.17, 15) is 0 Å². The number of alkyl halides is 1. The Morgan fingerprint density at radius 1 is 0.960 bits per heavy atom. The van der Waals surface area contributed by atoms with Gasteiger partial charge in [-0.05, 0) is 32.6 Å². The van der Waals surface area contributed by atoms with Crippen molar-refractivity contribution in [3.63, 3.8) is 0 Å². The minimum absolute atomic E-state index is 0.446. The van der Waals surface area contributed by atoms with Crippen LogP contribution in [0.5, 0.6) is 0 Å². The maximum Gasteiger partial charge on any atom is 0.221 e. The summed E-state index contributed by atoms with van der Waals surface area (Å²) in [6.07, 6.45) is 12.9. The lowest BCUT2D eigenvalue weighted by molar-refractivity contribution is 0.405. The van der Waals surface area contributed by atoms with Gasteiger partial charge in [0.05, 0.1) is 10.6 Å². The molecule has 0 aromatic carbocycles. The van der Waals surface area contributed by atoms with Gasteiger partial charge < -0.3 is 15.1 Å². The first kappa shape index (κ1) is 20.8.